The van der Waals surface area contributed by atoms with Crippen LogP contribution in [-0.4, -0.2) is 15.4 Å². The van der Waals surface area contributed by atoms with Gasteiger partial charge in [0.15, 0.2) is 4.80 Å². The monoisotopic (exact) mass is 341 g/mol. The Hall–Kier alpha value is -2.80. The number of carbonyl (C=O) groups is 1. The lowest BCUT2D eigenvalue weighted by Crippen LogP contribution is -2.15. The molecule has 2 aromatic carbocycles. The quantitative estimate of drug-likeness (QED) is 0.538. The average molecular weight is 341 g/mol. The van der Waals surface area contributed by atoms with Crippen molar-refractivity contribution < 1.29 is 9.72 Å². The van der Waals surface area contributed by atoms with Gasteiger partial charge in [-0.05, 0) is 37.6 Å². The van der Waals surface area contributed by atoms with Crippen molar-refractivity contribution in [2.45, 2.75) is 20.4 Å². The van der Waals surface area contributed by atoms with Gasteiger partial charge in [0.2, 0.25) is 0 Å². The van der Waals surface area contributed by atoms with Gasteiger partial charge in [-0.25, -0.2) is 0 Å². The molecular formula is C17H15N3O3S. The minimum Gasteiger partial charge on any atom is -0.317 e. The maximum atomic E-state index is 12.4. The van der Waals surface area contributed by atoms with Gasteiger partial charge in [-0.2, -0.15) is 4.99 Å². The van der Waals surface area contributed by atoms with Gasteiger partial charge in [0.25, 0.3) is 11.6 Å². The zero-order chi connectivity index (χ0) is 17.3. The summed E-state index contributed by atoms with van der Waals surface area (Å²) < 4.78 is 3.02. The Kier molecular flexibility index (Phi) is 4.26. The van der Waals surface area contributed by atoms with Crippen molar-refractivity contribution in [2.24, 2.45) is 4.99 Å². The number of aryl methyl sites for hydroxylation is 2. The van der Waals surface area contributed by atoms with Crippen LogP contribution in [0.25, 0.3) is 10.2 Å². The van der Waals surface area contributed by atoms with E-state index in [1.165, 1.54) is 35.6 Å². The second-order valence-corrected chi connectivity index (χ2v) is 6.33. The summed E-state index contributed by atoms with van der Waals surface area (Å²) in [4.78, 5) is 27.5. The molecule has 1 aromatic heterocycles. The Morgan fingerprint density at radius 3 is 2.79 bits per heavy atom. The fraction of sp³-hybridized carbons (Fsp3) is 0.176. The lowest BCUT2D eigenvalue weighted by atomic mass is 10.2. The van der Waals surface area contributed by atoms with Crippen molar-refractivity contribution in [2.75, 3.05) is 0 Å². The summed E-state index contributed by atoms with van der Waals surface area (Å²) >= 11 is 1.44. The van der Waals surface area contributed by atoms with E-state index in [4.69, 9.17) is 0 Å². The molecule has 0 bridgehead atoms. The molecule has 0 aliphatic carbocycles. The van der Waals surface area contributed by atoms with Gasteiger partial charge in [0.1, 0.15) is 0 Å². The number of fused-ring (bicyclic) bond motifs is 1. The van der Waals surface area contributed by atoms with Crippen LogP contribution in [-0.2, 0) is 6.54 Å². The summed E-state index contributed by atoms with van der Waals surface area (Å²) in [6, 6.07) is 11.7. The van der Waals surface area contributed by atoms with E-state index in [2.05, 4.69) is 11.1 Å². The molecule has 0 aliphatic heterocycles. The Labute approximate surface area is 141 Å². The van der Waals surface area contributed by atoms with Crippen LogP contribution in [0.4, 0.5) is 5.69 Å². The van der Waals surface area contributed by atoms with Gasteiger partial charge < -0.3 is 4.57 Å². The van der Waals surface area contributed by atoms with Crippen LogP contribution in [0.15, 0.2) is 47.5 Å². The highest BCUT2D eigenvalue weighted by Gasteiger charge is 2.12. The predicted octanol–water partition coefficient (Wildman–Crippen LogP) is 3.68. The van der Waals surface area contributed by atoms with Crippen LogP contribution in [0.1, 0.15) is 22.8 Å². The van der Waals surface area contributed by atoms with Crippen LogP contribution in [0.3, 0.4) is 0 Å². The van der Waals surface area contributed by atoms with E-state index in [1.54, 1.807) is 0 Å². The maximum Gasteiger partial charge on any atom is 0.279 e. The summed E-state index contributed by atoms with van der Waals surface area (Å²) in [5.41, 5.74) is 2.26. The molecule has 0 fully saturated rings. The second-order valence-electron chi connectivity index (χ2n) is 5.32. The van der Waals surface area contributed by atoms with Crippen LogP contribution in [0.2, 0.25) is 0 Å². The topological polar surface area (TPSA) is 77.5 Å². The van der Waals surface area contributed by atoms with Gasteiger partial charge in [0, 0.05) is 24.2 Å². The molecule has 1 heterocycles. The molecule has 0 N–H and O–H groups in total. The first-order valence-corrected chi connectivity index (χ1v) is 8.24. The predicted molar refractivity (Wildman–Crippen MR) is 93.2 cm³/mol. The summed E-state index contributed by atoms with van der Waals surface area (Å²) in [6.45, 7) is 4.69. The first-order chi connectivity index (χ1) is 11.5. The third-order valence-electron chi connectivity index (χ3n) is 3.66. The third-order valence-corrected chi connectivity index (χ3v) is 4.70. The largest absolute Gasteiger partial charge is 0.317 e. The number of nitro groups is 1. The highest BCUT2D eigenvalue weighted by molar-refractivity contribution is 7.16. The Morgan fingerprint density at radius 2 is 2.08 bits per heavy atom. The van der Waals surface area contributed by atoms with E-state index in [0.29, 0.717) is 11.3 Å². The molecule has 0 unspecified atom stereocenters. The van der Waals surface area contributed by atoms with Crippen LogP contribution < -0.4 is 4.80 Å². The van der Waals surface area contributed by atoms with Crippen molar-refractivity contribution in [1.29, 1.82) is 0 Å². The van der Waals surface area contributed by atoms with Crippen molar-refractivity contribution in [1.82, 2.24) is 4.57 Å². The molecule has 24 heavy (non-hydrogen) atoms. The van der Waals surface area contributed by atoms with E-state index in [-0.39, 0.29) is 11.3 Å². The number of rotatable bonds is 3. The number of thiazole rings is 1. The highest BCUT2D eigenvalue weighted by Crippen LogP contribution is 2.19. The molecule has 0 aliphatic rings. The van der Waals surface area contributed by atoms with Gasteiger partial charge in [-0.15, -0.1) is 0 Å². The van der Waals surface area contributed by atoms with Crippen molar-refractivity contribution in [3.63, 3.8) is 0 Å². The molecule has 0 spiro atoms. The molecule has 0 saturated carbocycles. The highest BCUT2D eigenvalue weighted by atomic mass is 32.1. The summed E-state index contributed by atoms with van der Waals surface area (Å²) in [5, 5.41) is 10.8. The fourth-order valence-electron chi connectivity index (χ4n) is 2.48. The number of carbonyl (C=O) groups excluding carboxylic acids is 1. The molecule has 0 saturated heterocycles. The minimum absolute atomic E-state index is 0.119. The molecule has 3 rings (SSSR count). The number of nitro benzene ring substituents is 1. The number of benzene rings is 2. The number of non-ortho nitro benzene ring substituents is 1. The Balaban J connectivity index is 2.11. The van der Waals surface area contributed by atoms with Gasteiger partial charge in [-0.1, -0.05) is 23.5 Å². The molecule has 6 nitrogen and oxygen atoms in total. The zero-order valence-electron chi connectivity index (χ0n) is 13.2. The second kappa shape index (κ2) is 6.37. The molecule has 0 atom stereocenters. The van der Waals surface area contributed by atoms with Crippen LogP contribution in [0, 0.1) is 17.0 Å². The van der Waals surface area contributed by atoms with E-state index >= 15 is 0 Å². The van der Waals surface area contributed by atoms with Gasteiger partial charge in [0.05, 0.1) is 15.1 Å². The first-order valence-electron chi connectivity index (χ1n) is 7.43. The van der Waals surface area contributed by atoms with Crippen molar-refractivity contribution >= 4 is 33.1 Å². The van der Waals surface area contributed by atoms with E-state index in [1.807, 2.05) is 30.5 Å². The van der Waals surface area contributed by atoms with Gasteiger partial charge >= 0.3 is 0 Å². The summed E-state index contributed by atoms with van der Waals surface area (Å²) in [5.74, 6) is -0.482. The molecule has 0 radical (unpaired) electrons. The standard InChI is InChI=1S/C17H15N3O3S/c1-3-19-14-8-7-11(2)9-15(14)24-17(19)18-16(21)12-5-4-6-13(10-12)20(22)23/h4-10H,3H2,1-2H3. The van der Waals surface area contributed by atoms with Gasteiger partial charge in [-0.3, -0.25) is 14.9 Å². The lowest BCUT2D eigenvalue weighted by Gasteiger charge is -2.00. The fourth-order valence-corrected chi connectivity index (χ4v) is 3.67. The third kappa shape index (κ3) is 2.98. The smallest absolute Gasteiger partial charge is 0.279 e. The summed E-state index contributed by atoms with van der Waals surface area (Å²) in [6.07, 6.45) is 0. The molecule has 122 valence electrons. The normalized spacial score (nSPS) is 11.8. The summed E-state index contributed by atoms with van der Waals surface area (Å²) in [7, 11) is 0. The van der Waals surface area contributed by atoms with E-state index < -0.39 is 10.8 Å². The number of hydrogen-bond acceptors (Lipinski definition) is 4. The molecule has 7 heteroatoms. The van der Waals surface area contributed by atoms with Crippen LogP contribution >= 0.6 is 11.3 Å². The van der Waals surface area contributed by atoms with Crippen LogP contribution in [0.5, 0.6) is 0 Å². The zero-order valence-corrected chi connectivity index (χ0v) is 14.0. The maximum absolute atomic E-state index is 12.4. The molecular weight excluding hydrogens is 326 g/mol. The van der Waals surface area contributed by atoms with Crippen molar-refractivity contribution in [3.05, 3.63) is 68.5 Å². The average Bonchev–Trinajstić information content (AvgIpc) is 2.90. The molecule has 3 aromatic rings. The van der Waals surface area contributed by atoms with E-state index in [0.717, 1.165) is 15.8 Å². The number of hydrogen-bond donors (Lipinski definition) is 0. The SMILES string of the molecule is CCn1c(=NC(=O)c2cccc([N+](=O)[O-])c2)sc2cc(C)ccc21. The molecule has 1 amide bonds. The lowest BCUT2D eigenvalue weighted by molar-refractivity contribution is -0.384. The first kappa shape index (κ1) is 16.1. The number of aromatic nitrogens is 1. The van der Waals surface area contributed by atoms with E-state index in [9.17, 15) is 14.9 Å². The Bertz CT molecular complexity index is 1020. The minimum atomic E-state index is -0.523. The van der Waals surface area contributed by atoms with Crippen molar-refractivity contribution in [3.8, 4) is 0 Å². The Morgan fingerprint density at radius 1 is 1.29 bits per heavy atom. The number of nitrogens with zero attached hydrogens (tertiary/aromatic N) is 3. The number of amides is 1.